The Balaban J connectivity index is 0.00000312. The van der Waals surface area contributed by atoms with Crippen LogP contribution in [0.5, 0.6) is 11.5 Å². The molecule has 2 N–H and O–H groups in total. The minimum Gasteiger partial charge on any atom is -0.457 e. The van der Waals surface area contributed by atoms with Gasteiger partial charge in [-0.05, 0) is 49.9 Å². The Kier molecular flexibility index (Phi) is 8.31. The molecule has 0 aliphatic rings. The number of hydrogen-bond acceptors (Lipinski definition) is 3. The zero-order valence-electron chi connectivity index (χ0n) is 14.0. The number of carbonyl (C=O) groups excluding carboxylic acids is 1. The van der Waals surface area contributed by atoms with Crippen molar-refractivity contribution in [1.29, 1.82) is 0 Å². The zero-order valence-corrected chi connectivity index (χ0v) is 14.8. The highest BCUT2D eigenvalue weighted by Crippen LogP contribution is 2.23. The SMILES string of the molecule is CCN[C@H](C)CNC(=O)c1ccc(Oc2ccc(F)c(F)c2)cc1.Cl. The molecule has 0 unspecified atom stereocenters. The minimum absolute atomic E-state index is 0. The van der Waals surface area contributed by atoms with E-state index in [2.05, 4.69) is 10.6 Å². The molecule has 0 saturated carbocycles. The number of halogens is 3. The molecule has 25 heavy (non-hydrogen) atoms. The van der Waals surface area contributed by atoms with Crippen LogP contribution in [0.4, 0.5) is 8.78 Å². The van der Waals surface area contributed by atoms with Gasteiger partial charge >= 0.3 is 0 Å². The van der Waals surface area contributed by atoms with Gasteiger partial charge in [0.1, 0.15) is 11.5 Å². The minimum atomic E-state index is -0.974. The van der Waals surface area contributed by atoms with E-state index in [1.54, 1.807) is 24.3 Å². The Labute approximate surface area is 152 Å². The summed E-state index contributed by atoms with van der Waals surface area (Å²) in [4.78, 5) is 12.0. The molecule has 0 saturated heterocycles. The van der Waals surface area contributed by atoms with Crippen molar-refractivity contribution in [3.05, 3.63) is 59.7 Å². The standard InChI is InChI=1S/C18H20F2N2O2.ClH/c1-3-21-12(2)11-22-18(23)13-4-6-14(7-5-13)24-15-8-9-16(19)17(20)10-15;/h4-10,12,21H,3,11H2,1-2H3,(H,22,23);1H/t12-;/m1./s1. The molecule has 0 fully saturated rings. The van der Waals surface area contributed by atoms with Gasteiger partial charge in [-0.1, -0.05) is 6.92 Å². The number of carbonyl (C=O) groups is 1. The summed E-state index contributed by atoms with van der Waals surface area (Å²) in [5, 5.41) is 6.04. The molecule has 0 aliphatic heterocycles. The quantitative estimate of drug-likeness (QED) is 0.777. The zero-order chi connectivity index (χ0) is 17.5. The van der Waals surface area contributed by atoms with E-state index < -0.39 is 11.6 Å². The fraction of sp³-hybridized carbons (Fsp3) is 0.278. The summed E-state index contributed by atoms with van der Waals surface area (Å²) >= 11 is 0. The highest BCUT2D eigenvalue weighted by molar-refractivity contribution is 5.94. The summed E-state index contributed by atoms with van der Waals surface area (Å²) in [7, 11) is 0. The lowest BCUT2D eigenvalue weighted by molar-refractivity contribution is 0.0950. The lowest BCUT2D eigenvalue weighted by Crippen LogP contribution is -2.38. The van der Waals surface area contributed by atoms with E-state index in [0.717, 1.165) is 18.7 Å². The number of benzene rings is 2. The molecule has 0 bridgehead atoms. The van der Waals surface area contributed by atoms with E-state index in [1.807, 2.05) is 13.8 Å². The van der Waals surface area contributed by atoms with Crippen molar-refractivity contribution in [3.63, 3.8) is 0 Å². The molecule has 0 aliphatic carbocycles. The van der Waals surface area contributed by atoms with Crippen molar-refractivity contribution in [1.82, 2.24) is 10.6 Å². The van der Waals surface area contributed by atoms with Gasteiger partial charge in [0.05, 0.1) is 0 Å². The van der Waals surface area contributed by atoms with Crippen LogP contribution in [0.3, 0.4) is 0 Å². The number of likely N-dealkylation sites (N-methyl/N-ethyl adjacent to an activating group) is 1. The molecule has 2 aromatic rings. The predicted octanol–water partition coefficient (Wildman–Crippen LogP) is 3.91. The van der Waals surface area contributed by atoms with Crippen molar-refractivity contribution in [2.24, 2.45) is 0 Å². The van der Waals surface area contributed by atoms with Gasteiger partial charge in [-0.3, -0.25) is 4.79 Å². The monoisotopic (exact) mass is 370 g/mol. The third kappa shape index (κ3) is 6.32. The molecule has 0 heterocycles. The molecule has 1 atom stereocenters. The van der Waals surface area contributed by atoms with E-state index in [-0.39, 0.29) is 30.1 Å². The predicted molar refractivity (Wildman–Crippen MR) is 95.6 cm³/mol. The number of ether oxygens (including phenoxy) is 1. The summed E-state index contributed by atoms with van der Waals surface area (Å²) in [6.07, 6.45) is 0. The number of amides is 1. The van der Waals surface area contributed by atoms with Crippen LogP contribution < -0.4 is 15.4 Å². The van der Waals surface area contributed by atoms with Crippen molar-refractivity contribution in [2.75, 3.05) is 13.1 Å². The van der Waals surface area contributed by atoms with Gasteiger partial charge in [0.15, 0.2) is 11.6 Å². The maximum atomic E-state index is 13.1. The molecule has 0 aromatic heterocycles. The van der Waals surface area contributed by atoms with Crippen LogP contribution >= 0.6 is 12.4 Å². The van der Waals surface area contributed by atoms with Crippen molar-refractivity contribution in [2.45, 2.75) is 19.9 Å². The second-order valence-corrected chi connectivity index (χ2v) is 5.37. The smallest absolute Gasteiger partial charge is 0.251 e. The lowest BCUT2D eigenvalue weighted by atomic mass is 10.2. The molecule has 0 spiro atoms. The number of nitrogens with one attached hydrogen (secondary N) is 2. The Morgan fingerprint density at radius 2 is 1.72 bits per heavy atom. The number of rotatable bonds is 7. The van der Waals surface area contributed by atoms with Crippen LogP contribution in [0.2, 0.25) is 0 Å². The molecule has 2 rings (SSSR count). The highest BCUT2D eigenvalue weighted by Gasteiger charge is 2.08. The molecule has 2 aromatic carbocycles. The Bertz CT molecular complexity index is 696. The Morgan fingerprint density at radius 3 is 2.32 bits per heavy atom. The largest absolute Gasteiger partial charge is 0.457 e. The third-order valence-corrected chi connectivity index (χ3v) is 3.36. The summed E-state index contributed by atoms with van der Waals surface area (Å²) in [6.45, 7) is 5.36. The average Bonchev–Trinajstić information content (AvgIpc) is 2.57. The molecule has 136 valence electrons. The van der Waals surface area contributed by atoms with Gasteiger partial charge in [0.25, 0.3) is 5.91 Å². The van der Waals surface area contributed by atoms with E-state index in [4.69, 9.17) is 4.74 Å². The average molecular weight is 371 g/mol. The maximum Gasteiger partial charge on any atom is 0.251 e. The van der Waals surface area contributed by atoms with Crippen LogP contribution in [-0.4, -0.2) is 25.0 Å². The van der Waals surface area contributed by atoms with E-state index in [0.29, 0.717) is 17.9 Å². The summed E-state index contributed by atoms with van der Waals surface area (Å²) in [6, 6.07) is 9.92. The molecular formula is C18H21ClF2N2O2. The summed E-state index contributed by atoms with van der Waals surface area (Å²) in [5.41, 5.74) is 0.497. The number of hydrogen-bond donors (Lipinski definition) is 2. The molecule has 0 radical (unpaired) electrons. The van der Waals surface area contributed by atoms with E-state index in [1.165, 1.54) is 6.07 Å². The fourth-order valence-corrected chi connectivity index (χ4v) is 2.12. The van der Waals surface area contributed by atoms with Crippen LogP contribution in [-0.2, 0) is 0 Å². The maximum absolute atomic E-state index is 13.1. The van der Waals surface area contributed by atoms with Gasteiger partial charge in [0, 0.05) is 24.2 Å². The van der Waals surface area contributed by atoms with Crippen LogP contribution in [0, 0.1) is 11.6 Å². The summed E-state index contributed by atoms with van der Waals surface area (Å²) in [5.74, 6) is -1.47. The Morgan fingerprint density at radius 1 is 1.08 bits per heavy atom. The van der Waals surface area contributed by atoms with E-state index >= 15 is 0 Å². The first-order valence-corrected chi connectivity index (χ1v) is 7.74. The third-order valence-electron chi connectivity index (χ3n) is 3.36. The fourth-order valence-electron chi connectivity index (χ4n) is 2.12. The van der Waals surface area contributed by atoms with Gasteiger partial charge < -0.3 is 15.4 Å². The van der Waals surface area contributed by atoms with Gasteiger partial charge in [-0.25, -0.2) is 8.78 Å². The van der Waals surface area contributed by atoms with Crippen molar-refractivity contribution in [3.8, 4) is 11.5 Å². The second-order valence-electron chi connectivity index (χ2n) is 5.37. The van der Waals surface area contributed by atoms with Crippen LogP contribution in [0.1, 0.15) is 24.2 Å². The van der Waals surface area contributed by atoms with Gasteiger partial charge in [-0.2, -0.15) is 0 Å². The molecule has 7 heteroatoms. The Hall–Kier alpha value is -2.18. The lowest BCUT2D eigenvalue weighted by Gasteiger charge is -2.13. The normalized spacial score (nSPS) is 11.4. The van der Waals surface area contributed by atoms with Crippen LogP contribution in [0.15, 0.2) is 42.5 Å². The highest BCUT2D eigenvalue weighted by atomic mass is 35.5. The van der Waals surface area contributed by atoms with Gasteiger partial charge in [-0.15, -0.1) is 12.4 Å². The second kappa shape index (κ2) is 9.96. The van der Waals surface area contributed by atoms with Crippen molar-refractivity contribution >= 4 is 18.3 Å². The molecule has 4 nitrogen and oxygen atoms in total. The van der Waals surface area contributed by atoms with E-state index in [9.17, 15) is 13.6 Å². The summed E-state index contributed by atoms with van der Waals surface area (Å²) < 4.78 is 31.5. The van der Waals surface area contributed by atoms with Gasteiger partial charge in [0.2, 0.25) is 0 Å². The first-order valence-electron chi connectivity index (χ1n) is 7.74. The molecular weight excluding hydrogens is 350 g/mol. The first-order chi connectivity index (χ1) is 11.5. The first kappa shape index (κ1) is 20.9. The molecule has 1 amide bonds. The topological polar surface area (TPSA) is 50.4 Å². The van der Waals surface area contributed by atoms with Crippen molar-refractivity contribution < 1.29 is 18.3 Å². The van der Waals surface area contributed by atoms with Crippen LogP contribution in [0.25, 0.3) is 0 Å².